The molecule has 1 heterocycles. The van der Waals surface area contributed by atoms with E-state index in [4.69, 9.17) is 15.2 Å². The Morgan fingerprint density at radius 3 is 2.50 bits per heavy atom. The minimum atomic E-state index is -3.37. The van der Waals surface area contributed by atoms with Crippen LogP contribution in [-0.4, -0.2) is 40.9 Å². The molecule has 0 bridgehead atoms. The molecule has 20 heavy (non-hydrogen) atoms. The van der Waals surface area contributed by atoms with Crippen LogP contribution in [0.5, 0.6) is 0 Å². The van der Waals surface area contributed by atoms with Gasteiger partial charge in [-0.15, -0.1) is 0 Å². The summed E-state index contributed by atoms with van der Waals surface area (Å²) in [6.07, 6.45) is -0.210. The summed E-state index contributed by atoms with van der Waals surface area (Å²) in [6.45, 7) is 2.19. The Hall–Kier alpha value is -0.990. The number of ether oxygens (including phenoxy) is 2. The highest BCUT2D eigenvalue weighted by atomic mass is 32.2. The third-order valence-electron chi connectivity index (χ3n) is 3.03. The largest absolute Gasteiger partial charge is 0.376 e. The van der Waals surface area contributed by atoms with E-state index < -0.39 is 10.0 Å². The lowest BCUT2D eigenvalue weighted by Gasteiger charge is -2.23. The van der Waals surface area contributed by atoms with Crippen molar-refractivity contribution < 1.29 is 17.9 Å². The molecule has 1 atom stereocenters. The van der Waals surface area contributed by atoms with Crippen LogP contribution in [-0.2, 0) is 31.8 Å². The van der Waals surface area contributed by atoms with Crippen molar-refractivity contribution in [1.82, 2.24) is 4.72 Å². The summed E-state index contributed by atoms with van der Waals surface area (Å²) in [5.41, 5.74) is 7.21. The van der Waals surface area contributed by atoms with Gasteiger partial charge in [0.05, 0.1) is 31.7 Å². The monoisotopic (exact) mass is 300 g/mol. The molecule has 1 fully saturated rings. The van der Waals surface area contributed by atoms with Crippen molar-refractivity contribution in [2.45, 2.75) is 18.4 Å². The predicted octanol–water partition coefficient (Wildman–Crippen LogP) is -0.0199. The molecule has 2 rings (SSSR count). The molecule has 112 valence electrons. The first-order chi connectivity index (χ1) is 9.59. The fourth-order valence-corrected chi connectivity index (χ4v) is 3.09. The molecular weight excluding hydrogens is 280 g/mol. The zero-order chi connectivity index (χ0) is 14.4. The van der Waals surface area contributed by atoms with E-state index in [0.29, 0.717) is 26.4 Å². The molecule has 0 amide bonds. The van der Waals surface area contributed by atoms with Gasteiger partial charge in [-0.2, -0.15) is 0 Å². The van der Waals surface area contributed by atoms with E-state index >= 15 is 0 Å². The maximum Gasteiger partial charge on any atom is 0.215 e. The Kier molecular flexibility index (Phi) is 5.50. The van der Waals surface area contributed by atoms with Crippen LogP contribution in [0.25, 0.3) is 0 Å². The van der Waals surface area contributed by atoms with Crippen molar-refractivity contribution in [3.63, 3.8) is 0 Å². The first-order valence-electron chi connectivity index (χ1n) is 6.53. The average Bonchev–Trinajstić information content (AvgIpc) is 2.47. The Balaban J connectivity index is 1.85. The number of hydrogen-bond acceptors (Lipinski definition) is 5. The lowest BCUT2D eigenvalue weighted by atomic mass is 10.1. The van der Waals surface area contributed by atoms with Gasteiger partial charge in [0.1, 0.15) is 0 Å². The third kappa shape index (κ3) is 4.84. The minimum absolute atomic E-state index is 0.0502. The van der Waals surface area contributed by atoms with Crippen LogP contribution in [0, 0.1) is 0 Å². The highest BCUT2D eigenvalue weighted by Crippen LogP contribution is 2.08. The number of nitrogens with one attached hydrogen (secondary N) is 1. The molecule has 1 aromatic rings. The van der Waals surface area contributed by atoms with E-state index in [-0.39, 0.29) is 18.4 Å². The quantitative estimate of drug-likeness (QED) is 0.770. The van der Waals surface area contributed by atoms with Crippen molar-refractivity contribution >= 4 is 10.0 Å². The maximum absolute atomic E-state index is 12.0. The Labute approximate surface area is 119 Å². The summed E-state index contributed by atoms with van der Waals surface area (Å²) < 4.78 is 37.1. The Morgan fingerprint density at radius 1 is 1.20 bits per heavy atom. The molecule has 0 aliphatic carbocycles. The first kappa shape index (κ1) is 15.4. The third-order valence-corrected chi connectivity index (χ3v) is 4.35. The second kappa shape index (κ2) is 7.14. The Bertz CT molecular complexity index is 510. The smallest absolute Gasteiger partial charge is 0.215 e. The van der Waals surface area contributed by atoms with Gasteiger partial charge in [-0.05, 0) is 11.1 Å². The van der Waals surface area contributed by atoms with Crippen molar-refractivity contribution in [1.29, 1.82) is 0 Å². The summed E-state index contributed by atoms with van der Waals surface area (Å²) in [5, 5.41) is 0. The molecule has 0 saturated carbocycles. The molecule has 3 N–H and O–H groups in total. The highest BCUT2D eigenvalue weighted by molar-refractivity contribution is 7.88. The van der Waals surface area contributed by atoms with Crippen molar-refractivity contribution in [3.05, 3.63) is 35.4 Å². The minimum Gasteiger partial charge on any atom is -0.376 e. The predicted molar refractivity (Wildman–Crippen MR) is 75.5 cm³/mol. The normalized spacial score (nSPS) is 19.9. The SMILES string of the molecule is NCc1ccc(CS(=O)(=O)NCC2COCCO2)cc1. The van der Waals surface area contributed by atoms with Crippen LogP contribution in [0.3, 0.4) is 0 Å². The molecule has 1 aliphatic rings. The summed E-state index contributed by atoms with van der Waals surface area (Å²) >= 11 is 0. The lowest BCUT2D eigenvalue weighted by molar-refractivity contribution is -0.0847. The maximum atomic E-state index is 12.0. The topological polar surface area (TPSA) is 90.7 Å². The van der Waals surface area contributed by atoms with Gasteiger partial charge in [0.2, 0.25) is 10.0 Å². The summed E-state index contributed by atoms with van der Waals surface area (Å²) in [5.74, 6) is -0.0502. The number of sulfonamides is 1. The standard InChI is InChI=1S/C13H20N2O4S/c14-7-11-1-3-12(4-2-11)10-20(16,17)15-8-13-9-18-5-6-19-13/h1-4,13,15H,5-10,14H2. The van der Waals surface area contributed by atoms with E-state index in [1.807, 2.05) is 12.1 Å². The summed E-state index contributed by atoms with van der Waals surface area (Å²) in [6, 6.07) is 7.23. The van der Waals surface area contributed by atoms with E-state index in [1.165, 1.54) is 0 Å². The lowest BCUT2D eigenvalue weighted by Crippen LogP contribution is -2.40. The van der Waals surface area contributed by atoms with Gasteiger partial charge in [-0.1, -0.05) is 24.3 Å². The van der Waals surface area contributed by atoms with Crippen molar-refractivity contribution in [3.8, 4) is 0 Å². The molecule has 1 aromatic carbocycles. The fourth-order valence-electron chi connectivity index (χ4n) is 1.92. The fraction of sp³-hybridized carbons (Fsp3) is 0.538. The van der Waals surface area contributed by atoms with Crippen LogP contribution in [0.4, 0.5) is 0 Å². The van der Waals surface area contributed by atoms with Gasteiger partial charge >= 0.3 is 0 Å². The van der Waals surface area contributed by atoms with Crippen LogP contribution >= 0.6 is 0 Å². The van der Waals surface area contributed by atoms with Gasteiger partial charge in [0.25, 0.3) is 0 Å². The molecule has 1 aliphatic heterocycles. The number of rotatable bonds is 6. The van der Waals surface area contributed by atoms with Gasteiger partial charge in [-0.25, -0.2) is 13.1 Å². The van der Waals surface area contributed by atoms with Crippen LogP contribution < -0.4 is 10.5 Å². The molecule has 0 radical (unpaired) electrons. The van der Waals surface area contributed by atoms with Crippen molar-refractivity contribution in [2.24, 2.45) is 5.73 Å². The van der Waals surface area contributed by atoms with Gasteiger partial charge in [-0.3, -0.25) is 0 Å². The highest BCUT2D eigenvalue weighted by Gasteiger charge is 2.18. The van der Waals surface area contributed by atoms with Crippen molar-refractivity contribution in [2.75, 3.05) is 26.4 Å². The van der Waals surface area contributed by atoms with E-state index in [9.17, 15) is 8.42 Å². The van der Waals surface area contributed by atoms with Crippen LogP contribution in [0.15, 0.2) is 24.3 Å². The molecule has 1 saturated heterocycles. The Morgan fingerprint density at radius 2 is 1.90 bits per heavy atom. The van der Waals surface area contributed by atoms with Crippen LogP contribution in [0.1, 0.15) is 11.1 Å². The summed E-state index contributed by atoms with van der Waals surface area (Å²) in [4.78, 5) is 0. The molecule has 6 nitrogen and oxygen atoms in total. The zero-order valence-corrected chi connectivity index (χ0v) is 12.1. The van der Waals surface area contributed by atoms with Gasteiger partial charge < -0.3 is 15.2 Å². The average molecular weight is 300 g/mol. The molecule has 1 unspecified atom stereocenters. The van der Waals surface area contributed by atoms with E-state index in [2.05, 4.69) is 4.72 Å². The molecule has 0 aromatic heterocycles. The second-order valence-electron chi connectivity index (χ2n) is 4.70. The van der Waals surface area contributed by atoms with E-state index in [0.717, 1.165) is 11.1 Å². The number of nitrogens with two attached hydrogens (primary N) is 1. The zero-order valence-electron chi connectivity index (χ0n) is 11.2. The molecule has 7 heteroatoms. The molecule has 0 spiro atoms. The first-order valence-corrected chi connectivity index (χ1v) is 8.19. The summed E-state index contributed by atoms with van der Waals surface area (Å²) in [7, 11) is -3.37. The number of benzene rings is 1. The van der Waals surface area contributed by atoms with Crippen LogP contribution in [0.2, 0.25) is 0 Å². The molecular formula is C13H20N2O4S. The second-order valence-corrected chi connectivity index (χ2v) is 6.50. The van der Waals surface area contributed by atoms with E-state index in [1.54, 1.807) is 12.1 Å². The number of hydrogen-bond donors (Lipinski definition) is 2. The van der Waals surface area contributed by atoms with Gasteiger partial charge in [0.15, 0.2) is 0 Å². The van der Waals surface area contributed by atoms with Gasteiger partial charge in [0, 0.05) is 13.1 Å².